The second-order valence-corrected chi connectivity index (χ2v) is 4.95. The van der Waals surface area contributed by atoms with E-state index in [4.69, 9.17) is 11.0 Å². The van der Waals surface area contributed by atoms with Crippen LogP contribution in [0.1, 0.15) is 23.8 Å². The first-order chi connectivity index (χ1) is 7.72. The van der Waals surface area contributed by atoms with Gasteiger partial charge < -0.3 is 5.73 Å². The summed E-state index contributed by atoms with van der Waals surface area (Å²) < 4.78 is 1.78. The molecule has 1 saturated carbocycles. The van der Waals surface area contributed by atoms with E-state index in [9.17, 15) is 4.79 Å². The minimum Gasteiger partial charge on any atom is -0.396 e. The third kappa shape index (κ3) is 1.17. The first kappa shape index (κ1) is 9.43. The lowest BCUT2D eigenvalue weighted by molar-refractivity contribution is 0.745. The highest BCUT2D eigenvalue weighted by Crippen LogP contribution is 2.40. The summed E-state index contributed by atoms with van der Waals surface area (Å²) in [6.07, 6.45) is 2.08. The Labute approximate surface area is 95.5 Å². The highest BCUT2D eigenvalue weighted by atomic mass is 32.1. The van der Waals surface area contributed by atoms with Crippen molar-refractivity contribution in [3.8, 4) is 6.07 Å². The van der Waals surface area contributed by atoms with Crippen molar-refractivity contribution >= 4 is 27.2 Å². The third-order valence-electron chi connectivity index (χ3n) is 2.83. The molecular formula is C11H9N3OS. The van der Waals surface area contributed by atoms with Crippen LogP contribution in [0.3, 0.4) is 0 Å². The Balaban J connectivity index is 2.44. The number of rotatable bonds is 1. The van der Waals surface area contributed by atoms with E-state index >= 15 is 0 Å². The fraction of sp³-hybridized carbons (Fsp3) is 0.273. The molecule has 5 heteroatoms. The Bertz CT molecular complexity index is 673. The molecule has 0 bridgehead atoms. The largest absolute Gasteiger partial charge is 0.396 e. The Kier molecular flexibility index (Phi) is 1.82. The van der Waals surface area contributed by atoms with Crippen LogP contribution < -0.4 is 11.3 Å². The number of nitrogen functional groups attached to an aromatic ring is 1. The van der Waals surface area contributed by atoms with Gasteiger partial charge in [0, 0.05) is 17.5 Å². The molecule has 0 atom stereocenters. The number of hydrogen-bond donors (Lipinski definition) is 1. The Morgan fingerprint density at radius 3 is 2.88 bits per heavy atom. The van der Waals surface area contributed by atoms with E-state index < -0.39 is 0 Å². The van der Waals surface area contributed by atoms with Crippen LogP contribution in [0.25, 0.3) is 10.2 Å². The summed E-state index contributed by atoms with van der Waals surface area (Å²) in [4.78, 5) is 13.1. The molecule has 2 aromatic heterocycles. The second-order valence-electron chi connectivity index (χ2n) is 3.95. The number of nitriles is 1. The molecule has 0 aliphatic heterocycles. The van der Waals surface area contributed by atoms with Crippen molar-refractivity contribution in [1.29, 1.82) is 5.26 Å². The average Bonchev–Trinajstić information content (AvgIpc) is 3.04. The summed E-state index contributed by atoms with van der Waals surface area (Å²) in [5, 5.41) is 9.75. The van der Waals surface area contributed by atoms with Gasteiger partial charge in [0.25, 0.3) is 5.56 Å². The summed E-state index contributed by atoms with van der Waals surface area (Å²) in [7, 11) is 0. The fourth-order valence-electron chi connectivity index (χ4n) is 1.88. The molecule has 0 spiro atoms. The molecule has 2 heterocycles. The zero-order valence-corrected chi connectivity index (χ0v) is 9.25. The van der Waals surface area contributed by atoms with E-state index in [2.05, 4.69) is 6.07 Å². The zero-order valence-electron chi connectivity index (χ0n) is 8.43. The van der Waals surface area contributed by atoms with E-state index in [0.717, 1.165) is 23.1 Å². The minimum atomic E-state index is 0.000685. The summed E-state index contributed by atoms with van der Waals surface area (Å²) >= 11 is 1.31. The molecule has 0 aromatic carbocycles. The molecule has 0 radical (unpaired) electrons. The number of nitrogens with two attached hydrogens (primary N) is 1. The van der Waals surface area contributed by atoms with Crippen LogP contribution in [0.15, 0.2) is 16.9 Å². The van der Waals surface area contributed by atoms with E-state index in [0.29, 0.717) is 16.6 Å². The molecule has 1 aliphatic rings. The SMILES string of the molecule is N#Cc1sc2c(ccc(=O)n2C2CC2)c1N. The van der Waals surface area contributed by atoms with E-state index in [1.807, 2.05) is 0 Å². The van der Waals surface area contributed by atoms with Gasteiger partial charge in [-0.3, -0.25) is 9.36 Å². The predicted octanol–water partition coefficient (Wildman–Crippen LogP) is 1.85. The van der Waals surface area contributed by atoms with Crippen LogP contribution in [-0.2, 0) is 0 Å². The van der Waals surface area contributed by atoms with Crippen molar-refractivity contribution in [3.63, 3.8) is 0 Å². The van der Waals surface area contributed by atoms with Gasteiger partial charge in [-0.1, -0.05) is 0 Å². The molecule has 2 N–H and O–H groups in total. The molecule has 3 rings (SSSR count). The quantitative estimate of drug-likeness (QED) is 0.814. The van der Waals surface area contributed by atoms with Gasteiger partial charge in [0.05, 0.1) is 5.69 Å². The van der Waals surface area contributed by atoms with Crippen molar-refractivity contribution in [2.75, 3.05) is 5.73 Å². The molecule has 80 valence electrons. The topological polar surface area (TPSA) is 71.8 Å². The van der Waals surface area contributed by atoms with Crippen molar-refractivity contribution in [2.45, 2.75) is 18.9 Å². The van der Waals surface area contributed by atoms with E-state index in [-0.39, 0.29) is 5.56 Å². The maximum absolute atomic E-state index is 11.8. The third-order valence-corrected chi connectivity index (χ3v) is 3.95. The maximum atomic E-state index is 11.8. The zero-order chi connectivity index (χ0) is 11.3. The Morgan fingerprint density at radius 2 is 2.25 bits per heavy atom. The van der Waals surface area contributed by atoms with Crippen LogP contribution in [0.2, 0.25) is 0 Å². The van der Waals surface area contributed by atoms with E-state index in [1.54, 1.807) is 10.6 Å². The molecule has 0 amide bonds. The summed E-state index contributed by atoms with van der Waals surface area (Å²) in [5.74, 6) is 0. The lowest BCUT2D eigenvalue weighted by Gasteiger charge is -2.03. The first-order valence-corrected chi connectivity index (χ1v) is 5.87. The number of hydrogen-bond acceptors (Lipinski definition) is 4. The first-order valence-electron chi connectivity index (χ1n) is 5.06. The van der Waals surface area contributed by atoms with E-state index in [1.165, 1.54) is 17.4 Å². The van der Waals surface area contributed by atoms with Crippen molar-refractivity contribution < 1.29 is 0 Å². The normalized spacial score (nSPS) is 15.2. The van der Waals surface area contributed by atoms with Crippen LogP contribution in [0, 0.1) is 11.3 Å². The van der Waals surface area contributed by atoms with Crippen molar-refractivity contribution in [1.82, 2.24) is 4.57 Å². The fourth-order valence-corrected chi connectivity index (χ4v) is 2.96. The van der Waals surface area contributed by atoms with Gasteiger partial charge in [-0.05, 0) is 18.9 Å². The maximum Gasteiger partial charge on any atom is 0.251 e. The highest BCUT2D eigenvalue weighted by molar-refractivity contribution is 7.19. The molecule has 1 fully saturated rings. The molecular weight excluding hydrogens is 222 g/mol. The smallest absolute Gasteiger partial charge is 0.251 e. The predicted molar refractivity (Wildman–Crippen MR) is 63.5 cm³/mol. The monoisotopic (exact) mass is 231 g/mol. The molecule has 0 saturated heterocycles. The number of nitrogens with zero attached hydrogens (tertiary/aromatic N) is 2. The van der Waals surface area contributed by atoms with Gasteiger partial charge in [0.15, 0.2) is 0 Å². The molecule has 2 aromatic rings. The van der Waals surface area contributed by atoms with Gasteiger partial charge in [0.1, 0.15) is 15.8 Å². The van der Waals surface area contributed by atoms with Gasteiger partial charge in [-0.15, -0.1) is 11.3 Å². The summed E-state index contributed by atoms with van der Waals surface area (Å²) in [6.45, 7) is 0. The van der Waals surface area contributed by atoms with Crippen LogP contribution in [0.4, 0.5) is 5.69 Å². The number of thiophene rings is 1. The van der Waals surface area contributed by atoms with Gasteiger partial charge in [0.2, 0.25) is 0 Å². The van der Waals surface area contributed by atoms with Gasteiger partial charge in [-0.25, -0.2) is 0 Å². The van der Waals surface area contributed by atoms with Crippen molar-refractivity contribution in [2.24, 2.45) is 0 Å². The second kappa shape index (κ2) is 3.09. The van der Waals surface area contributed by atoms with Crippen LogP contribution in [0.5, 0.6) is 0 Å². The summed E-state index contributed by atoms with van der Waals surface area (Å²) in [5.41, 5.74) is 6.36. The lowest BCUT2D eigenvalue weighted by Crippen LogP contribution is -2.16. The minimum absolute atomic E-state index is 0.000685. The van der Waals surface area contributed by atoms with Crippen molar-refractivity contribution in [3.05, 3.63) is 27.4 Å². The molecule has 1 aliphatic carbocycles. The standard InChI is InChI=1S/C11H9N3OS/c12-5-8-10(13)7-3-4-9(15)14(6-1-2-6)11(7)16-8/h3-4,6H,1-2,13H2. The van der Waals surface area contributed by atoms with Gasteiger partial charge >= 0.3 is 0 Å². The van der Waals surface area contributed by atoms with Gasteiger partial charge in [-0.2, -0.15) is 5.26 Å². The molecule has 4 nitrogen and oxygen atoms in total. The number of fused-ring (bicyclic) bond motifs is 1. The van der Waals surface area contributed by atoms with Crippen LogP contribution in [-0.4, -0.2) is 4.57 Å². The highest BCUT2D eigenvalue weighted by Gasteiger charge is 2.27. The number of aromatic nitrogens is 1. The summed E-state index contributed by atoms with van der Waals surface area (Å²) in [6, 6.07) is 5.62. The Hall–Kier alpha value is -1.80. The average molecular weight is 231 g/mol. The lowest BCUT2D eigenvalue weighted by atomic mass is 10.2. The number of pyridine rings is 1. The molecule has 0 unspecified atom stereocenters. The molecule has 16 heavy (non-hydrogen) atoms. The van der Waals surface area contributed by atoms with Crippen LogP contribution >= 0.6 is 11.3 Å². The number of anilines is 1. The Morgan fingerprint density at radius 1 is 1.50 bits per heavy atom.